The number of anilines is 1. The summed E-state index contributed by atoms with van der Waals surface area (Å²) in [5, 5.41) is 20.6. The number of rotatable bonds is 5. The van der Waals surface area contributed by atoms with Crippen molar-refractivity contribution in [3.8, 4) is 0 Å². The molecule has 1 aliphatic rings. The lowest BCUT2D eigenvalue weighted by Gasteiger charge is -2.22. The fraction of sp³-hybridized carbons (Fsp3) is 0.444. The molecule has 0 spiro atoms. The van der Waals surface area contributed by atoms with E-state index in [1.807, 2.05) is 17.0 Å². The quantitative estimate of drug-likeness (QED) is 0.641. The van der Waals surface area contributed by atoms with Crippen LogP contribution in [-0.4, -0.2) is 39.3 Å². The average molecular weight is 358 g/mol. The third-order valence-electron chi connectivity index (χ3n) is 4.76. The number of hydrogen-bond acceptors (Lipinski definition) is 6. The van der Waals surface area contributed by atoms with Gasteiger partial charge >= 0.3 is 11.2 Å². The molecule has 0 amide bonds. The molecule has 2 aromatic rings. The topological polar surface area (TPSA) is 102 Å². The molecular weight excluding hydrogens is 336 g/mol. The highest BCUT2D eigenvalue weighted by atomic mass is 16.6. The van der Waals surface area contributed by atoms with Crippen molar-refractivity contribution in [1.82, 2.24) is 9.55 Å². The van der Waals surface area contributed by atoms with Crippen LogP contribution in [0.1, 0.15) is 23.4 Å². The van der Waals surface area contributed by atoms with Crippen LogP contribution < -0.4 is 10.5 Å². The van der Waals surface area contributed by atoms with Gasteiger partial charge in [0.25, 0.3) is 0 Å². The van der Waals surface area contributed by atoms with E-state index >= 15 is 0 Å². The lowest BCUT2D eigenvalue weighted by molar-refractivity contribution is -0.386. The molecule has 138 valence electrons. The van der Waals surface area contributed by atoms with Gasteiger partial charge in [0.15, 0.2) is 0 Å². The zero-order valence-corrected chi connectivity index (χ0v) is 14.7. The number of fused-ring (bicyclic) bond motifs is 1. The van der Waals surface area contributed by atoms with Crippen LogP contribution in [0, 0.1) is 17.0 Å². The number of aromatic nitrogens is 2. The van der Waals surface area contributed by atoms with E-state index in [2.05, 4.69) is 17.1 Å². The Labute approximate surface area is 150 Å². The van der Waals surface area contributed by atoms with Gasteiger partial charge in [-0.1, -0.05) is 24.3 Å². The SMILES string of the molecule is Cc1nc(N2CCc3ccccc3CC2)c([N+](=O)[O-])c(=O)n1CCCO. The maximum absolute atomic E-state index is 12.7. The summed E-state index contributed by atoms with van der Waals surface area (Å²) in [6, 6.07) is 8.11. The highest BCUT2D eigenvalue weighted by molar-refractivity contribution is 5.57. The molecule has 0 saturated heterocycles. The Hall–Kier alpha value is -2.74. The lowest BCUT2D eigenvalue weighted by atomic mass is 10.0. The molecule has 1 N–H and O–H groups in total. The Morgan fingerprint density at radius 1 is 1.23 bits per heavy atom. The molecule has 8 heteroatoms. The summed E-state index contributed by atoms with van der Waals surface area (Å²) < 4.78 is 1.27. The second-order valence-corrected chi connectivity index (χ2v) is 6.38. The highest BCUT2D eigenvalue weighted by Gasteiger charge is 2.29. The zero-order chi connectivity index (χ0) is 18.7. The van der Waals surface area contributed by atoms with Crippen LogP contribution in [-0.2, 0) is 19.4 Å². The van der Waals surface area contributed by atoms with Crippen molar-refractivity contribution >= 4 is 11.5 Å². The number of nitro groups is 1. The minimum absolute atomic E-state index is 0.0915. The van der Waals surface area contributed by atoms with Crippen LogP contribution >= 0.6 is 0 Å². The van der Waals surface area contributed by atoms with Gasteiger partial charge in [0.2, 0.25) is 5.82 Å². The molecule has 0 fully saturated rings. The Balaban J connectivity index is 2.00. The van der Waals surface area contributed by atoms with E-state index in [0.29, 0.717) is 25.3 Å². The monoisotopic (exact) mass is 358 g/mol. The Bertz CT molecular complexity index is 851. The van der Waals surface area contributed by atoms with Gasteiger partial charge in [-0.05, 0) is 37.3 Å². The number of nitrogens with zero attached hydrogens (tertiary/aromatic N) is 4. The third kappa shape index (κ3) is 3.45. The normalized spacial score (nSPS) is 14.0. The van der Waals surface area contributed by atoms with Crippen molar-refractivity contribution in [2.75, 3.05) is 24.6 Å². The molecule has 26 heavy (non-hydrogen) atoms. The number of benzene rings is 1. The van der Waals surface area contributed by atoms with Gasteiger partial charge in [0, 0.05) is 26.2 Å². The van der Waals surface area contributed by atoms with Crippen LogP contribution in [0.25, 0.3) is 0 Å². The first-order chi connectivity index (χ1) is 12.5. The summed E-state index contributed by atoms with van der Waals surface area (Å²) in [6.45, 7) is 2.93. The number of aliphatic hydroxyl groups excluding tert-OH is 1. The van der Waals surface area contributed by atoms with Crippen LogP contribution in [0.15, 0.2) is 29.1 Å². The van der Waals surface area contributed by atoms with Crippen LogP contribution in [0.5, 0.6) is 0 Å². The fourth-order valence-corrected chi connectivity index (χ4v) is 3.39. The smallest absolute Gasteiger partial charge is 0.376 e. The van der Waals surface area contributed by atoms with E-state index < -0.39 is 16.2 Å². The fourth-order valence-electron chi connectivity index (χ4n) is 3.39. The molecule has 0 aliphatic carbocycles. The standard InChI is InChI=1S/C18H22N4O4/c1-13-19-17(16(22(25)26)18(24)21(13)9-4-12-23)20-10-7-14-5-2-3-6-15(14)8-11-20/h2-3,5-6,23H,4,7-12H2,1H3. The molecule has 0 unspecified atom stereocenters. The van der Waals surface area contributed by atoms with Crippen LogP contribution in [0.3, 0.4) is 0 Å². The highest BCUT2D eigenvalue weighted by Crippen LogP contribution is 2.25. The Morgan fingerprint density at radius 3 is 2.38 bits per heavy atom. The van der Waals surface area contributed by atoms with E-state index in [9.17, 15) is 14.9 Å². The second-order valence-electron chi connectivity index (χ2n) is 6.38. The first-order valence-electron chi connectivity index (χ1n) is 8.71. The van der Waals surface area contributed by atoms with E-state index in [4.69, 9.17) is 5.11 Å². The predicted molar refractivity (Wildman–Crippen MR) is 97.7 cm³/mol. The lowest BCUT2D eigenvalue weighted by Crippen LogP contribution is -2.34. The summed E-state index contributed by atoms with van der Waals surface area (Å²) >= 11 is 0. The van der Waals surface area contributed by atoms with E-state index in [1.54, 1.807) is 6.92 Å². The summed E-state index contributed by atoms with van der Waals surface area (Å²) in [6.07, 6.45) is 1.85. The number of aliphatic hydroxyl groups is 1. The molecule has 1 aromatic carbocycles. The van der Waals surface area contributed by atoms with Gasteiger partial charge in [0.1, 0.15) is 5.82 Å². The van der Waals surface area contributed by atoms with Crippen LogP contribution in [0.4, 0.5) is 11.5 Å². The molecule has 0 radical (unpaired) electrons. The van der Waals surface area contributed by atoms with Gasteiger partial charge in [-0.2, -0.15) is 0 Å². The van der Waals surface area contributed by atoms with Crippen molar-refractivity contribution in [1.29, 1.82) is 0 Å². The largest absolute Gasteiger partial charge is 0.396 e. The van der Waals surface area contributed by atoms with Gasteiger partial charge < -0.3 is 10.0 Å². The first kappa shape index (κ1) is 18.1. The van der Waals surface area contributed by atoms with Crippen molar-refractivity contribution in [3.63, 3.8) is 0 Å². The zero-order valence-electron chi connectivity index (χ0n) is 14.7. The summed E-state index contributed by atoms with van der Waals surface area (Å²) in [7, 11) is 0. The number of hydrogen-bond donors (Lipinski definition) is 1. The van der Waals surface area contributed by atoms with Crippen molar-refractivity contribution in [3.05, 3.63) is 61.7 Å². The van der Waals surface area contributed by atoms with Crippen LogP contribution in [0.2, 0.25) is 0 Å². The maximum Gasteiger partial charge on any atom is 0.376 e. The molecule has 1 aromatic heterocycles. The first-order valence-corrected chi connectivity index (χ1v) is 8.71. The third-order valence-corrected chi connectivity index (χ3v) is 4.76. The second kappa shape index (κ2) is 7.65. The van der Waals surface area contributed by atoms with E-state index in [1.165, 1.54) is 15.7 Å². The summed E-state index contributed by atoms with van der Waals surface area (Å²) in [5.41, 5.74) is 1.31. The molecular formula is C18H22N4O4. The van der Waals surface area contributed by atoms with Crippen molar-refractivity contribution in [2.45, 2.75) is 32.7 Å². The molecule has 0 bridgehead atoms. The molecule has 0 atom stereocenters. The maximum atomic E-state index is 12.7. The van der Waals surface area contributed by atoms with E-state index in [-0.39, 0.29) is 19.0 Å². The van der Waals surface area contributed by atoms with Crippen molar-refractivity contribution < 1.29 is 10.0 Å². The van der Waals surface area contributed by atoms with E-state index in [0.717, 1.165) is 12.8 Å². The minimum Gasteiger partial charge on any atom is -0.396 e. The van der Waals surface area contributed by atoms with Gasteiger partial charge in [-0.15, -0.1) is 0 Å². The van der Waals surface area contributed by atoms with Crippen molar-refractivity contribution in [2.24, 2.45) is 0 Å². The van der Waals surface area contributed by atoms with Gasteiger partial charge in [0.05, 0.1) is 4.92 Å². The molecule has 0 saturated carbocycles. The van der Waals surface area contributed by atoms with Gasteiger partial charge in [-0.3, -0.25) is 19.5 Å². The Morgan fingerprint density at radius 2 is 1.85 bits per heavy atom. The number of aryl methyl sites for hydroxylation is 1. The minimum atomic E-state index is -0.660. The summed E-state index contributed by atoms with van der Waals surface area (Å²) in [5.74, 6) is 0.566. The summed E-state index contributed by atoms with van der Waals surface area (Å²) in [4.78, 5) is 29.9. The average Bonchev–Trinajstić information content (AvgIpc) is 2.83. The molecule has 3 rings (SSSR count). The molecule has 8 nitrogen and oxygen atoms in total. The molecule has 1 aliphatic heterocycles. The predicted octanol–water partition coefficient (Wildman–Crippen LogP) is 1.45. The molecule has 2 heterocycles. The van der Waals surface area contributed by atoms with Gasteiger partial charge in [-0.25, -0.2) is 4.98 Å². The Kier molecular flexibility index (Phi) is 5.32.